The molecule has 0 saturated carbocycles. The van der Waals surface area contributed by atoms with Crippen LogP contribution >= 0.6 is 11.3 Å². The van der Waals surface area contributed by atoms with Gasteiger partial charge in [0.2, 0.25) is 5.95 Å². The summed E-state index contributed by atoms with van der Waals surface area (Å²) in [5.74, 6) is 0.537. The van der Waals surface area contributed by atoms with E-state index < -0.39 is 0 Å². The van der Waals surface area contributed by atoms with Gasteiger partial charge in [-0.3, -0.25) is 4.79 Å². The zero-order valence-electron chi connectivity index (χ0n) is 14.2. The number of nitrogens with one attached hydrogen (secondary N) is 1. The SMILES string of the molecule is Cc1nc(N2CCCC2)nc(C)c1NC(=O)c1nc2ccccc2s1. The molecule has 25 heavy (non-hydrogen) atoms. The number of aryl methyl sites for hydroxylation is 2. The van der Waals surface area contributed by atoms with Crippen LogP contribution in [0.4, 0.5) is 11.6 Å². The van der Waals surface area contributed by atoms with Gasteiger partial charge in [0.1, 0.15) is 0 Å². The number of hydrogen-bond acceptors (Lipinski definition) is 6. The maximum Gasteiger partial charge on any atom is 0.284 e. The van der Waals surface area contributed by atoms with Crippen molar-refractivity contribution in [3.8, 4) is 0 Å². The third-order valence-electron chi connectivity index (χ3n) is 4.37. The van der Waals surface area contributed by atoms with Gasteiger partial charge >= 0.3 is 0 Å². The Bertz CT molecular complexity index is 890. The Labute approximate surface area is 149 Å². The quantitative estimate of drug-likeness (QED) is 0.779. The van der Waals surface area contributed by atoms with Crippen molar-refractivity contribution in [2.45, 2.75) is 26.7 Å². The van der Waals surface area contributed by atoms with Crippen LogP contribution in [0.2, 0.25) is 0 Å². The Hall–Kier alpha value is -2.54. The number of hydrogen-bond donors (Lipinski definition) is 1. The van der Waals surface area contributed by atoms with Gasteiger partial charge in [-0.2, -0.15) is 0 Å². The second kappa shape index (κ2) is 6.40. The topological polar surface area (TPSA) is 71.0 Å². The van der Waals surface area contributed by atoms with Crippen molar-refractivity contribution in [2.24, 2.45) is 0 Å². The summed E-state index contributed by atoms with van der Waals surface area (Å²) in [6.45, 7) is 5.80. The van der Waals surface area contributed by atoms with Gasteiger partial charge in [-0.25, -0.2) is 15.0 Å². The van der Waals surface area contributed by atoms with Crippen LogP contribution in [0.3, 0.4) is 0 Å². The average molecular weight is 353 g/mol. The molecule has 0 unspecified atom stereocenters. The van der Waals surface area contributed by atoms with Crippen molar-refractivity contribution in [3.05, 3.63) is 40.7 Å². The summed E-state index contributed by atoms with van der Waals surface area (Å²) >= 11 is 1.39. The van der Waals surface area contributed by atoms with Crippen molar-refractivity contribution in [3.63, 3.8) is 0 Å². The summed E-state index contributed by atoms with van der Waals surface area (Å²) in [6.07, 6.45) is 2.36. The number of thiazole rings is 1. The van der Waals surface area contributed by atoms with E-state index in [0.29, 0.717) is 10.7 Å². The standard InChI is InChI=1S/C18H19N5OS/c1-11-15(12(2)20-18(19-11)23-9-5-6-10-23)22-16(24)17-21-13-7-3-4-8-14(13)25-17/h3-4,7-8H,5-6,9-10H2,1-2H3,(H,22,24). The minimum atomic E-state index is -0.218. The minimum Gasteiger partial charge on any atom is -0.341 e. The van der Waals surface area contributed by atoms with Crippen LogP contribution < -0.4 is 10.2 Å². The Kier molecular flexibility index (Phi) is 4.09. The first kappa shape index (κ1) is 16.0. The van der Waals surface area contributed by atoms with E-state index in [1.165, 1.54) is 24.2 Å². The number of nitrogens with zero attached hydrogens (tertiary/aromatic N) is 4. The van der Waals surface area contributed by atoms with Gasteiger partial charge in [-0.05, 0) is 38.8 Å². The molecule has 1 aliphatic heterocycles. The molecule has 0 atom stereocenters. The maximum absolute atomic E-state index is 12.6. The molecular formula is C18H19N5OS. The Morgan fingerprint density at radius 3 is 2.44 bits per heavy atom. The average Bonchev–Trinajstić information content (AvgIpc) is 3.26. The number of amides is 1. The predicted molar refractivity (Wildman–Crippen MR) is 101 cm³/mol. The molecule has 0 aliphatic carbocycles. The second-order valence-corrected chi connectivity index (χ2v) is 7.24. The largest absolute Gasteiger partial charge is 0.341 e. The van der Waals surface area contributed by atoms with Crippen molar-refractivity contribution < 1.29 is 4.79 Å². The van der Waals surface area contributed by atoms with Crippen LogP contribution in [0.15, 0.2) is 24.3 Å². The molecule has 1 fully saturated rings. The van der Waals surface area contributed by atoms with Crippen LogP contribution in [0.25, 0.3) is 10.2 Å². The molecule has 4 rings (SSSR count). The van der Waals surface area contributed by atoms with Crippen LogP contribution in [-0.2, 0) is 0 Å². The summed E-state index contributed by atoms with van der Waals surface area (Å²) in [4.78, 5) is 28.4. The van der Waals surface area contributed by atoms with Gasteiger partial charge in [0.05, 0.1) is 27.3 Å². The molecule has 1 amide bonds. The maximum atomic E-state index is 12.6. The third-order valence-corrected chi connectivity index (χ3v) is 5.41. The van der Waals surface area contributed by atoms with Crippen LogP contribution in [0, 0.1) is 13.8 Å². The van der Waals surface area contributed by atoms with E-state index >= 15 is 0 Å². The van der Waals surface area contributed by atoms with Gasteiger partial charge in [-0.1, -0.05) is 12.1 Å². The lowest BCUT2D eigenvalue weighted by Crippen LogP contribution is -2.22. The first-order chi connectivity index (χ1) is 12.1. The number of benzene rings is 1. The molecule has 3 heterocycles. The van der Waals surface area contributed by atoms with Crippen molar-refractivity contribution in [1.82, 2.24) is 15.0 Å². The number of anilines is 2. The van der Waals surface area contributed by atoms with Gasteiger partial charge in [0.25, 0.3) is 5.91 Å². The zero-order valence-corrected chi connectivity index (χ0v) is 15.1. The lowest BCUT2D eigenvalue weighted by atomic mass is 10.3. The van der Waals surface area contributed by atoms with E-state index in [9.17, 15) is 4.79 Å². The fraction of sp³-hybridized carbons (Fsp3) is 0.333. The highest BCUT2D eigenvalue weighted by Gasteiger charge is 2.20. The summed E-state index contributed by atoms with van der Waals surface area (Å²) in [7, 11) is 0. The van der Waals surface area contributed by atoms with Gasteiger partial charge in [-0.15, -0.1) is 11.3 Å². The van der Waals surface area contributed by atoms with E-state index in [-0.39, 0.29) is 5.91 Å². The zero-order chi connectivity index (χ0) is 17.4. The molecule has 1 N–H and O–H groups in total. The molecule has 128 valence electrons. The number of aromatic nitrogens is 3. The normalized spacial score (nSPS) is 14.2. The Morgan fingerprint density at radius 1 is 1.08 bits per heavy atom. The Morgan fingerprint density at radius 2 is 1.76 bits per heavy atom. The van der Waals surface area contributed by atoms with E-state index in [0.717, 1.165) is 40.6 Å². The molecule has 1 aromatic carbocycles. The van der Waals surface area contributed by atoms with Crippen LogP contribution in [0.1, 0.15) is 34.0 Å². The number of carbonyl (C=O) groups is 1. The highest BCUT2D eigenvalue weighted by atomic mass is 32.1. The Balaban J connectivity index is 1.60. The fourth-order valence-corrected chi connectivity index (χ4v) is 3.94. The first-order valence-electron chi connectivity index (χ1n) is 8.39. The molecule has 0 spiro atoms. The summed E-state index contributed by atoms with van der Waals surface area (Å²) in [5.41, 5.74) is 3.08. The van der Waals surface area contributed by atoms with E-state index in [2.05, 4.69) is 25.2 Å². The minimum absolute atomic E-state index is 0.218. The van der Waals surface area contributed by atoms with Crippen molar-refractivity contribution in [2.75, 3.05) is 23.3 Å². The molecule has 7 heteroatoms. The second-order valence-electron chi connectivity index (χ2n) is 6.20. The highest BCUT2D eigenvalue weighted by molar-refractivity contribution is 7.20. The number of para-hydroxylation sites is 1. The summed E-state index contributed by atoms with van der Waals surface area (Å²) < 4.78 is 1.00. The molecule has 0 bridgehead atoms. The number of carbonyl (C=O) groups excluding carboxylic acids is 1. The smallest absolute Gasteiger partial charge is 0.284 e. The summed E-state index contributed by atoms with van der Waals surface area (Å²) in [5, 5.41) is 3.39. The molecular weight excluding hydrogens is 334 g/mol. The molecule has 6 nitrogen and oxygen atoms in total. The lowest BCUT2D eigenvalue weighted by Gasteiger charge is -2.18. The lowest BCUT2D eigenvalue weighted by molar-refractivity contribution is 0.102. The van der Waals surface area contributed by atoms with E-state index in [1.807, 2.05) is 38.1 Å². The van der Waals surface area contributed by atoms with E-state index in [1.54, 1.807) is 0 Å². The molecule has 3 aromatic rings. The third kappa shape index (κ3) is 3.07. The van der Waals surface area contributed by atoms with Crippen molar-refractivity contribution >= 4 is 39.1 Å². The van der Waals surface area contributed by atoms with Gasteiger partial charge in [0.15, 0.2) is 5.01 Å². The number of fused-ring (bicyclic) bond motifs is 1. The predicted octanol–water partition coefficient (Wildman–Crippen LogP) is 3.56. The molecule has 0 radical (unpaired) electrons. The summed E-state index contributed by atoms with van der Waals surface area (Å²) in [6, 6.07) is 7.74. The fourth-order valence-electron chi connectivity index (χ4n) is 3.07. The van der Waals surface area contributed by atoms with Crippen LogP contribution in [0.5, 0.6) is 0 Å². The highest BCUT2D eigenvalue weighted by Crippen LogP contribution is 2.25. The van der Waals surface area contributed by atoms with Crippen molar-refractivity contribution in [1.29, 1.82) is 0 Å². The number of rotatable bonds is 3. The first-order valence-corrected chi connectivity index (χ1v) is 9.20. The molecule has 1 saturated heterocycles. The van der Waals surface area contributed by atoms with Gasteiger partial charge < -0.3 is 10.2 Å². The van der Waals surface area contributed by atoms with Crippen LogP contribution in [-0.4, -0.2) is 33.9 Å². The van der Waals surface area contributed by atoms with E-state index in [4.69, 9.17) is 0 Å². The van der Waals surface area contributed by atoms with Gasteiger partial charge in [0, 0.05) is 13.1 Å². The monoisotopic (exact) mass is 353 g/mol. The molecule has 1 aliphatic rings. The molecule has 2 aromatic heterocycles.